The molecule has 1 amide bonds. The summed E-state index contributed by atoms with van der Waals surface area (Å²) in [6.45, 7) is 5.74. The standard InChI is InChI=1S/C12H23NO3/c1-12(2,3)16-11(15)13-10(5-4-8-14)9-6-7-9/h9-10,14H,4-8H2,1-3H3,(H,13,15)/t10-/m1/s1. The third kappa shape index (κ3) is 5.35. The lowest BCUT2D eigenvalue weighted by atomic mass is 10.1. The average Bonchev–Trinajstić information content (AvgIpc) is 2.91. The quantitative estimate of drug-likeness (QED) is 0.758. The van der Waals surface area contributed by atoms with Crippen LogP contribution in [0.4, 0.5) is 4.79 Å². The van der Waals surface area contributed by atoms with Crippen LogP contribution in [0.2, 0.25) is 0 Å². The Balaban J connectivity index is 2.33. The molecule has 1 fully saturated rings. The van der Waals surface area contributed by atoms with Crippen molar-refractivity contribution in [2.24, 2.45) is 5.92 Å². The number of hydrogen-bond donors (Lipinski definition) is 2. The van der Waals surface area contributed by atoms with Crippen LogP contribution >= 0.6 is 0 Å². The van der Waals surface area contributed by atoms with E-state index in [2.05, 4.69) is 5.32 Å². The smallest absolute Gasteiger partial charge is 0.407 e. The molecule has 0 unspecified atom stereocenters. The zero-order valence-electron chi connectivity index (χ0n) is 10.5. The van der Waals surface area contributed by atoms with Crippen molar-refractivity contribution in [3.05, 3.63) is 0 Å². The van der Waals surface area contributed by atoms with E-state index in [1.807, 2.05) is 20.8 Å². The van der Waals surface area contributed by atoms with Gasteiger partial charge in [-0.3, -0.25) is 0 Å². The van der Waals surface area contributed by atoms with Gasteiger partial charge in [0.05, 0.1) is 0 Å². The van der Waals surface area contributed by atoms with Crippen LogP contribution < -0.4 is 5.32 Å². The summed E-state index contributed by atoms with van der Waals surface area (Å²) in [5.74, 6) is 0.582. The molecule has 0 spiro atoms. The highest BCUT2D eigenvalue weighted by Crippen LogP contribution is 2.34. The Morgan fingerprint density at radius 2 is 2.12 bits per heavy atom. The average molecular weight is 229 g/mol. The van der Waals surface area contributed by atoms with Gasteiger partial charge >= 0.3 is 6.09 Å². The first kappa shape index (κ1) is 13.3. The fraction of sp³-hybridized carbons (Fsp3) is 0.917. The molecular weight excluding hydrogens is 206 g/mol. The predicted octanol–water partition coefficient (Wildman–Crippen LogP) is 2.06. The molecule has 1 aliphatic carbocycles. The molecule has 4 heteroatoms. The highest BCUT2D eigenvalue weighted by Gasteiger charge is 2.32. The number of ether oxygens (including phenoxy) is 1. The normalized spacial score (nSPS) is 18.0. The van der Waals surface area contributed by atoms with Crippen LogP contribution in [-0.2, 0) is 4.74 Å². The monoisotopic (exact) mass is 229 g/mol. The summed E-state index contributed by atoms with van der Waals surface area (Å²) in [6, 6.07) is 0.169. The van der Waals surface area contributed by atoms with Crippen LogP contribution in [-0.4, -0.2) is 29.4 Å². The lowest BCUT2D eigenvalue weighted by molar-refractivity contribution is 0.0492. The van der Waals surface area contributed by atoms with Gasteiger partial charge in [0, 0.05) is 12.6 Å². The summed E-state index contributed by atoms with van der Waals surface area (Å²) in [7, 11) is 0. The molecule has 94 valence electrons. The van der Waals surface area contributed by atoms with Crippen LogP contribution in [0, 0.1) is 5.92 Å². The number of nitrogens with one attached hydrogen (secondary N) is 1. The molecule has 1 atom stereocenters. The van der Waals surface area contributed by atoms with Gasteiger partial charge in [0.1, 0.15) is 5.60 Å². The van der Waals surface area contributed by atoms with Crippen LogP contribution in [0.1, 0.15) is 46.5 Å². The molecule has 0 bridgehead atoms. The van der Waals surface area contributed by atoms with E-state index in [0.29, 0.717) is 5.92 Å². The van der Waals surface area contributed by atoms with E-state index in [-0.39, 0.29) is 18.7 Å². The fourth-order valence-corrected chi connectivity index (χ4v) is 1.69. The molecule has 1 rings (SSSR count). The summed E-state index contributed by atoms with van der Waals surface area (Å²) in [5, 5.41) is 11.7. The van der Waals surface area contributed by atoms with Crippen molar-refractivity contribution in [3.8, 4) is 0 Å². The Kier molecular flexibility index (Phi) is 4.59. The highest BCUT2D eigenvalue weighted by molar-refractivity contribution is 5.68. The zero-order chi connectivity index (χ0) is 12.2. The summed E-state index contributed by atoms with van der Waals surface area (Å²) in [6.07, 6.45) is 3.57. The number of aliphatic hydroxyl groups is 1. The first-order valence-corrected chi connectivity index (χ1v) is 6.03. The third-order valence-electron chi connectivity index (χ3n) is 2.57. The van der Waals surface area contributed by atoms with E-state index < -0.39 is 5.60 Å². The van der Waals surface area contributed by atoms with E-state index in [4.69, 9.17) is 9.84 Å². The lowest BCUT2D eigenvalue weighted by Crippen LogP contribution is -2.40. The second-order valence-corrected chi connectivity index (χ2v) is 5.46. The van der Waals surface area contributed by atoms with Gasteiger partial charge < -0.3 is 15.2 Å². The SMILES string of the molecule is CC(C)(C)OC(=O)N[C@H](CCCO)C1CC1. The molecule has 0 saturated heterocycles. The number of hydrogen-bond acceptors (Lipinski definition) is 3. The molecule has 2 N–H and O–H groups in total. The molecule has 0 aromatic rings. The number of rotatable bonds is 5. The number of amides is 1. The van der Waals surface area contributed by atoms with E-state index >= 15 is 0 Å². The van der Waals surface area contributed by atoms with Gasteiger partial charge in [0.2, 0.25) is 0 Å². The molecular formula is C12H23NO3. The van der Waals surface area contributed by atoms with Gasteiger partial charge in [-0.15, -0.1) is 0 Å². The number of carbonyl (C=O) groups excluding carboxylic acids is 1. The molecule has 0 radical (unpaired) electrons. The molecule has 4 nitrogen and oxygen atoms in total. The van der Waals surface area contributed by atoms with Gasteiger partial charge in [0.15, 0.2) is 0 Å². The maximum atomic E-state index is 11.6. The summed E-state index contributed by atoms with van der Waals surface area (Å²) < 4.78 is 5.21. The molecule has 0 aromatic heterocycles. The zero-order valence-corrected chi connectivity index (χ0v) is 10.5. The Morgan fingerprint density at radius 1 is 1.50 bits per heavy atom. The molecule has 0 aromatic carbocycles. The van der Waals surface area contributed by atoms with E-state index in [9.17, 15) is 4.79 Å². The van der Waals surface area contributed by atoms with Gasteiger partial charge in [-0.2, -0.15) is 0 Å². The highest BCUT2D eigenvalue weighted by atomic mass is 16.6. The minimum atomic E-state index is -0.449. The Morgan fingerprint density at radius 3 is 2.56 bits per heavy atom. The fourth-order valence-electron chi connectivity index (χ4n) is 1.69. The largest absolute Gasteiger partial charge is 0.444 e. The van der Waals surface area contributed by atoms with E-state index in [1.165, 1.54) is 12.8 Å². The topological polar surface area (TPSA) is 58.6 Å². The van der Waals surface area contributed by atoms with Gasteiger partial charge in [-0.25, -0.2) is 4.79 Å². The Labute approximate surface area is 97.4 Å². The minimum Gasteiger partial charge on any atom is -0.444 e. The van der Waals surface area contributed by atoms with Crippen molar-refractivity contribution in [1.82, 2.24) is 5.32 Å². The number of carbonyl (C=O) groups is 1. The maximum absolute atomic E-state index is 11.6. The second-order valence-electron chi connectivity index (χ2n) is 5.46. The van der Waals surface area contributed by atoms with Crippen LogP contribution in [0.15, 0.2) is 0 Å². The van der Waals surface area contributed by atoms with E-state index in [1.54, 1.807) is 0 Å². The molecule has 0 aliphatic heterocycles. The maximum Gasteiger partial charge on any atom is 0.407 e. The van der Waals surface area contributed by atoms with Crippen molar-refractivity contribution < 1.29 is 14.6 Å². The summed E-state index contributed by atoms with van der Waals surface area (Å²) >= 11 is 0. The Hall–Kier alpha value is -0.770. The van der Waals surface area contributed by atoms with Crippen molar-refractivity contribution in [2.75, 3.05) is 6.61 Å². The van der Waals surface area contributed by atoms with Gasteiger partial charge in [-0.05, 0) is 52.4 Å². The molecule has 16 heavy (non-hydrogen) atoms. The summed E-state index contributed by atoms with van der Waals surface area (Å²) in [5.41, 5.74) is -0.449. The van der Waals surface area contributed by atoms with Crippen molar-refractivity contribution in [2.45, 2.75) is 58.1 Å². The predicted molar refractivity (Wildman–Crippen MR) is 62.2 cm³/mol. The third-order valence-corrected chi connectivity index (χ3v) is 2.57. The van der Waals surface area contributed by atoms with Crippen molar-refractivity contribution in [3.63, 3.8) is 0 Å². The molecule has 1 saturated carbocycles. The lowest BCUT2D eigenvalue weighted by Gasteiger charge is -2.23. The van der Waals surface area contributed by atoms with Crippen LogP contribution in [0.5, 0.6) is 0 Å². The number of aliphatic hydroxyl groups excluding tert-OH is 1. The molecule has 1 aliphatic rings. The first-order valence-electron chi connectivity index (χ1n) is 6.03. The van der Waals surface area contributed by atoms with Crippen LogP contribution in [0.25, 0.3) is 0 Å². The minimum absolute atomic E-state index is 0.169. The van der Waals surface area contributed by atoms with Gasteiger partial charge in [0.25, 0.3) is 0 Å². The first-order chi connectivity index (χ1) is 7.42. The summed E-state index contributed by atoms with van der Waals surface area (Å²) in [4.78, 5) is 11.6. The van der Waals surface area contributed by atoms with Crippen molar-refractivity contribution >= 4 is 6.09 Å². The van der Waals surface area contributed by atoms with Crippen LogP contribution in [0.3, 0.4) is 0 Å². The number of alkyl carbamates (subject to hydrolysis) is 1. The molecule has 0 heterocycles. The van der Waals surface area contributed by atoms with Crippen molar-refractivity contribution in [1.29, 1.82) is 0 Å². The van der Waals surface area contributed by atoms with E-state index in [0.717, 1.165) is 12.8 Å². The second kappa shape index (κ2) is 5.53. The Bertz CT molecular complexity index is 231. The van der Waals surface area contributed by atoms with Gasteiger partial charge in [-0.1, -0.05) is 0 Å².